The number of carbonyl (C=O) groups is 1. The molecule has 3 N–H and O–H groups in total. The standard InChI is InChI=1S/C16H19N3O/c1-16(2)12(17)9-13(16)19-15(20)11-7-3-5-10-6-4-8-18-14(10)11/h3-8,12-13H,9,17H2,1-2H3,(H,19,20). The monoisotopic (exact) mass is 269 g/mol. The van der Waals surface area contributed by atoms with Crippen LogP contribution in [0.25, 0.3) is 10.9 Å². The number of carbonyl (C=O) groups excluding carboxylic acids is 1. The number of amides is 1. The second-order valence-electron chi connectivity index (χ2n) is 6.07. The smallest absolute Gasteiger partial charge is 0.253 e. The Hall–Kier alpha value is -1.94. The van der Waals surface area contributed by atoms with E-state index in [-0.39, 0.29) is 23.4 Å². The van der Waals surface area contributed by atoms with E-state index in [0.29, 0.717) is 5.56 Å². The molecule has 104 valence electrons. The van der Waals surface area contributed by atoms with Crippen LogP contribution in [0.5, 0.6) is 0 Å². The number of fused-ring (bicyclic) bond motifs is 1. The first kappa shape index (κ1) is 13.1. The molecule has 4 nitrogen and oxygen atoms in total. The fraction of sp³-hybridized carbons (Fsp3) is 0.375. The van der Waals surface area contributed by atoms with Gasteiger partial charge in [-0.2, -0.15) is 0 Å². The van der Waals surface area contributed by atoms with Gasteiger partial charge in [0.25, 0.3) is 5.91 Å². The average Bonchev–Trinajstić information content (AvgIpc) is 2.46. The van der Waals surface area contributed by atoms with Crippen molar-refractivity contribution in [2.45, 2.75) is 32.4 Å². The van der Waals surface area contributed by atoms with Crippen molar-refractivity contribution in [2.24, 2.45) is 11.1 Å². The molecule has 1 heterocycles. The fourth-order valence-electron chi connectivity index (χ4n) is 2.73. The van der Waals surface area contributed by atoms with Crippen molar-refractivity contribution >= 4 is 16.8 Å². The summed E-state index contributed by atoms with van der Waals surface area (Å²) in [6, 6.07) is 9.78. The van der Waals surface area contributed by atoms with Gasteiger partial charge >= 0.3 is 0 Å². The lowest BCUT2D eigenvalue weighted by Crippen LogP contribution is -2.64. The molecule has 1 fully saturated rings. The molecule has 1 aromatic carbocycles. The first-order valence-corrected chi connectivity index (χ1v) is 6.90. The molecular formula is C16H19N3O. The highest BCUT2D eigenvalue weighted by Gasteiger charge is 2.46. The number of pyridine rings is 1. The number of hydrogen-bond acceptors (Lipinski definition) is 3. The van der Waals surface area contributed by atoms with Crippen molar-refractivity contribution in [2.75, 3.05) is 0 Å². The summed E-state index contributed by atoms with van der Waals surface area (Å²) >= 11 is 0. The van der Waals surface area contributed by atoms with E-state index in [1.54, 1.807) is 6.20 Å². The maximum absolute atomic E-state index is 12.5. The molecule has 1 saturated carbocycles. The third-order valence-corrected chi connectivity index (χ3v) is 4.53. The van der Waals surface area contributed by atoms with Gasteiger partial charge in [-0.3, -0.25) is 9.78 Å². The van der Waals surface area contributed by atoms with Gasteiger partial charge in [0, 0.05) is 29.1 Å². The molecule has 4 heteroatoms. The second-order valence-corrected chi connectivity index (χ2v) is 6.07. The Kier molecular flexibility index (Phi) is 2.98. The van der Waals surface area contributed by atoms with E-state index >= 15 is 0 Å². The van der Waals surface area contributed by atoms with Crippen molar-refractivity contribution in [1.82, 2.24) is 10.3 Å². The summed E-state index contributed by atoms with van der Waals surface area (Å²) in [5.41, 5.74) is 7.31. The summed E-state index contributed by atoms with van der Waals surface area (Å²) in [4.78, 5) is 16.8. The number of rotatable bonds is 2. The predicted molar refractivity (Wildman–Crippen MR) is 79.4 cm³/mol. The molecular weight excluding hydrogens is 250 g/mol. The lowest BCUT2D eigenvalue weighted by atomic mass is 9.63. The second kappa shape index (κ2) is 4.56. The minimum absolute atomic E-state index is 0.0479. The SMILES string of the molecule is CC1(C)C(N)CC1NC(=O)c1cccc2cccnc12. The summed E-state index contributed by atoms with van der Waals surface area (Å²) in [6.45, 7) is 4.18. The van der Waals surface area contributed by atoms with E-state index < -0.39 is 0 Å². The summed E-state index contributed by atoms with van der Waals surface area (Å²) < 4.78 is 0. The molecule has 0 saturated heterocycles. The summed E-state index contributed by atoms with van der Waals surface area (Å²) in [7, 11) is 0. The maximum atomic E-state index is 12.5. The van der Waals surface area contributed by atoms with Crippen LogP contribution < -0.4 is 11.1 Å². The molecule has 1 aliphatic carbocycles. The van der Waals surface area contributed by atoms with Crippen LogP contribution >= 0.6 is 0 Å². The molecule has 1 aromatic heterocycles. The first-order chi connectivity index (χ1) is 9.50. The Morgan fingerprint density at radius 2 is 2.10 bits per heavy atom. The molecule has 2 unspecified atom stereocenters. The number of nitrogens with two attached hydrogens (primary N) is 1. The van der Waals surface area contributed by atoms with E-state index in [4.69, 9.17) is 5.73 Å². The Labute approximate surface area is 118 Å². The van der Waals surface area contributed by atoms with Gasteiger partial charge in [-0.1, -0.05) is 32.0 Å². The third-order valence-electron chi connectivity index (χ3n) is 4.53. The van der Waals surface area contributed by atoms with Crippen molar-refractivity contribution in [3.05, 3.63) is 42.1 Å². The van der Waals surface area contributed by atoms with Gasteiger partial charge in [0.15, 0.2) is 0 Å². The molecule has 2 atom stereocenters. The van der Waals surface area contributed by atoms with E-state index in [0.717, 1.165) is 17.3 Å². The van der Waals surface area contributed by atoms with Crippen LogP contribution in [0, 0.1) is 5.41 Å². The zero-order valence-electron chi connectivity index (χ0n) is 11.8. The van der Waals surface area contributed by atoms with Crippen LogP contribution in [0.2, 0.25) is 0 Å². The molecule has 20 heavy (non-hydrogen) atoms. The zero-order valence-corrected chi connectivity index (χ0v) is 11.8. The number of benzene rings is 1. The van der Waals surface area contributed by atoms with E-state index in [1.165, 1.54) is 0 Å². The Bertz CT molecular complexity index is 660. The lowest BCUT2D eigenvalue weighted by molar-refractivity contribution is 0.0587. The van der Waals surface area contributed by atoms with Gasteiger partial charge in [-0.05, 0) is 18.6 Å². The minimum Gasteiger partial charge on any atom is -0.349 e. The van der Waals surface area contributed by atoms with Gasteiger partial charge in [0.05, 0.1) is 11.1 Å². The number of hydrogen-bond donors (Lipinski definition) is 2. The normalized spacial score (nSPS) is 24.1. The van der Waals surface area contributed by atoms with Crippen LogP contribution in [0.4, 0.5) is 0 Å². The molecule has 3 rings (SSSR count). The fourth-order valence-corrected chi connectivity index (χ4v) is 2.73. The molecule has 1 aliphatic rings. The van der Waals surface area contributed by atoms with Gasteiger partial charge in [-0.25, -0.2) is 0 Å². The molecule has 0 spiro atoms. The van der Waals surface area contributed by atoms with Gasteiger partial charge in [0.1, 0.15) is 0 Å². The van der Waals surface area contributed by atoms with Crippen LogP contribution in [0.1, 0.15) is 30.6 Å². The highest BCUT2D eigenvalue weighted by atomic mass is 16.1. The van der Waals surface area contributed by atoms with Crippen molar-refractivity contribution < 1.29 is 4.79 Å². The van der Waals surface area contributed by atoms with Crippen molar-refractivity contribution in [3.8, 4) is 0 Å². The number of para-hydroxylation sites is 1. The topological polar surface area (TPSA) is 68.0 Å². The highest BCUT2D eigenvalue weighted by molar-refractivity contribution is 6.05. The molecule has 2 aromatic rings. The van der Waals surface area contributed by atoms with Crippen LogP contribution in [-0.2, 0) is 0 Å². The number of nitrogens with one attached hydrogen (secondary N) is 1. The van der Waals surface area contributed by atoms with Gasteiger partial charge < -0.3 is 11.1 Å². The first-order valence-electron chi connectivity index (χ1n) is 6.90. The molecule has 0 bridgehead atoms. The van der Waals surface area contributed by atoms with Crippen LogP contribution in [0.3, 0.4) is 0 Å². The summed E-state index contributed by atoms with van der Waals surface area (Å²) in [5, 5.41) is 4.06. The summed E-state index contributed by atoms with van der Waals surface area (Å²) in [6.07, 6.45) is 2.54. The molecule has 0 aliphatic heterocycles. The highest BCUT2D eigenvalue weighted by Crippen LogP contribution is 2.39. The number of aromatic nitrogens is 1. The van der Waals surface area contributed by atoms with Crippen LogP contribution in [-0.4, -0.2) is 23.0 Å². The summed E-state index contributed by atoms with van der Waals surface area (Å²) in [5.74, 6) is -0.0701. The molecule has 1 amide bonds. The molecule has 0 radical (unpaired) electrons. The minimum atomic E-state index is -0.0701. The number of nitrogens with zero attached hydrogens (tertiary/aromatic N) is 1. The largest absolute Gasteiger partial charge is 0.349 e. The van der Waals surface area contributed by atoms with Gasteiger partial charge in [-0.15, -0.1) is 0 Å². The van der Waals surface area contributed by atoms with Crippen LogP contribution in [0.15, 0.2) is 36.5 Å². The quantitative estimate of drug-likeness (QED) is 0.877. The van der Waals surface area contributed by atoms with Crippen molar-refractivity contribution in [3.63, 3.8) is 0 Å². The zero-order chi connectivity index (χ0) is 14.3. The average molecular weight is 269 g/mol. The Morgan fingerprint density at radius 3 is 2.80 bits per heavy atom. The van der Waals surface area contributed by atoms with E-state index in [9.17, 15) is 4.79 Å². The Morgan fingerprint density at radius 1 is 1.35 bits per heavy atom. The van der Waals surface area contributed by atoms with Gasteiger partial charge in [0.2, 0.25) is 0 Å². The Balaban J connectivity index is 1.87. The van der Waals surface area contributed by atoms with E-state index in [2.05, 4.69) is 24.1 Å². The lowest BCUT2D eigenvalue weighted by Gasteiger charge is -2.50. The maximum Gasteiger partial charge on any atom is 0.253 e. The predicted octanol–water partition coefficient (Wildman–Crippen LogP) is 2.09. The van der Waals surface area contributed by atoms with E-state index in [1.807, 2.05) is 30.3 Å². The third kappa shape index (κ3) is 1.96. The van der Waals surface area contributed by atoms with Crippen molar-refractivity contribution in [1.29, 1.82) is 0 Å².